The van der Waals surface area contributed by atoms with Gasteiger partial charge in [-0.2, -0.15) is 0 Å². The van der Waals surface area contributed by atoms with Crippen molar-refractivity contribution >= 4 is 46.6 Å². The Labute approximate surface area is 175 Å². The van der Waals surface area contributed by atoms with Gasteiger partial charge in [0.1, 0.15) is 5.75 Å². The minimum atomic E-state index is -0.570. The predicted molar refractivity (Wildman–Crippen MR) is 104 cm³/mol. The summed E-state index contributed by atoms with van der Waals surface area (Å²) >= 11 is 13.1. The first-order valence-corrected chi connectivity index (χ1v) is 9.83. The minimum Gasteiger partial charge on any atom is -0.538 e. The van der Waals surface area contributed by atoms with Crippen LogP contribution in [-0.2, 0) is 4.79 Å². The first-order chi connectivity index (χ1) is 13.5. The maximum absolute atomic E-state index is 12.2. The zero-order valence-corrected chi connectivity index (χ0v) is 17.0. The second-order valence-corrected chi connectivity index (χ2v) is 7.47. The largest absolute Gasteiger partial charge is 0.538 e. The summed E-state index contributed by atoms with van der Waals surface area (Å²) < 4.78 is 11.3. The van der Waals surface area contributed by atoms with E-state index in [1.165, 1.54) is 16.4 Å². The first-order valence-electron chi connectivity index (χ1n) is 8.09. The maximum atomic E-state index is 12.2. The highest BCUT2D eigenvalue weighted by Gasteiger charge is 2.21. The topological polar surface area (TPSA) is 91.3 Å². The molecule has 1 heterocycles. The van der Waals surface area contributed by atoms with Crippen LogP contribution in [0.15, 0.2) is 52.0 Å². The van der Waals surface area contributed by atoms with Gasteiger partial charge in [0.25, 0.3) is 5.03 Å². The number of amides is 1. The average Bonchev–Trinajstić information content (AvgIpc) is 3.05. The summed E-state index contributed by atoms with van der Waals surface area (Å²) in [7, 11) is 1.57. The van der Waals surface area contributed by atoms with Crippen LogP contribution in [0, 0.1) is 0 Å². The van der Waals surface area contributed by atoms with E-state index in [0.717, 1.165) is 0 Å². The quantitative estimate of drug-likeness (QED) is 0.447. The first kappa shape index (κ1) is 20.3. The lowest BCUT2D eigenvalue weighted by molar-refractivity contribution is -0.705. The van der Waals surface area contributed by atoms with E-state index in [-0.39, 0.29) is 17.4 Å². The molecule has 0 radical (unpaired) electrons. The van der Waals surface area contributed by atoms with Crippen LogP contribution in [0.25, 0.3) is 5.69 Å². The van der Waals surface area contributed by atoms with Crippen LogP contribution in [0.2, 0.25) is 10.0 Å². The summed E-state index contributed by atoms with van der Waals surface area (Å²) in [5.41, 5.74) is 1.08. The normalized spacial score (nSPS) is 10.7. The van der Waals surface area contributed by atoms with Crippen molar-refractivity contribution in [3.8, 4) is 17.4 Å². The molecule has 0 aliphatic heterocycles. The fourth-order valence-electron chi connectivity index (χ4n) is 2.29. The SMILES string of the molecule is COc1ccc(-[n+]2noc([O-])c2SCCC(=O)Nc2cc(Cl)ccc2Cl)cc1. The zero-order chi connectivity index (χ0) is 20.1. The van der Waals surface area contributed by atoms with Crippen molar-refractivity contribution in [3.63, 3.8) is 0 Å². The summed E-state index contributed by atoms with van der Waals surface area (Å²) in [6, 6.07) is 11.8. The summed E-state index contributed by atoms with van der Waals surface area (Å²) in [5, 5.41) is 19.6. The molecule has 1 aromatic heterocycles. The number of thioether (sulfide) groups is 1. The van der Waals surface area contributed by atoms with Gasteiger partial charge in [0.2, 0.25) is 11.6 Å². The molecule has 10 heteroatoms. The third-order valence-electron chi connectivity index (χ3n) is 3.66. The Hall–Kier alpha value is -2.42. The Kier molecular flexibility index (Phi) is 6.66. The van der Waals surface area contributed by atoms with Crippen LogP contribution in [0.5, 0.6) is 11.7 Å². The molecule has 0 saturated heterocycles. The van der Waals surface area contributed by atoms with Crippen molar-refractivity contribution in [2.45, 2.75) is 11.4 Å². The van der Waals surface area contributed by atoms with Gasteiger partial charge in [-0.05, 0) is 35.0 Å². The summed E-state index contributed by atoms with van der Waals surface area (Å²) in [6.07, 6.45) is 0.154. The lowest BCUT2D eigenvalue weighted by atomic mass is 10.3. The van der Waals surface area contributed by atoms with Gasteiger partial charge in [0.15, 0.2) is 5.95 Å². The monoisotopic (exact) mass is 439 g/mol. The van der Waals surface area contributed by atoms with Crippen LogP contribution in [0.1, 0.15) is 6.42 Å². The molecule has 0 fully saturated rings. The highest BCUT2D eigenvalue weighted by atomic mass is 35.5. The second-order valence-electron chi connectivity index (χ2n) is 5.55. The zero-order valence-electron chi connectivity index (χ0n) is 14.6. The van der Waals surface area contributed by atoms with Crippen LogP contribution < -0.4 is 19.8 Å². The van der Waals surface area contributed by atoms with Crippen LogP contribution in [-0.4, -0.2) is 24.0 Å². The van der Waals surface area contributed by atoms with E-state index in [1.54, 1.807) is 49.6 Å². The van der Waals surface area contributed by atoms with Gasteiger partial charge in [0.05, 0.1) is 23.1 Å². The molecule has 0 atom stereocenters. The lowest BCUT2D eigenvalue weighted by Gasteiger charge is -2.07. The molecule has 0 saturated carbocycles. The lowest BCUT2D eigenvalue weighted by Crippen LogP contribution is -2.34. The number of aromatic nitrogens is 2. The van der Waals surface area contributed by atoms with E-state index in [2.05, 4.69) is 10.6 Å². The Balaban J connectivity index is 1.62. The van der Waals surface area contributed by atoms with Crippen molar-refractivity contribution < 1.29 is 23.8 Å². The third-order valence-corrected chi connectivity index (χ3v) is 5.25. The Morgan fingerprint density at radius 2 is 2.04 bits per heavy atom. The number of anilines is 1. The standard InChI is InChI=1S/C18H15Cl2N3O4S/c1-26-13-5-3-12(4-6-13)23-17(18(25)27-22-23)28-9-8-16(24)21-15-10-11(19)2-7-14(15)20/h2-7,10H,8-9H2,1H3,(H-,21,22,24,25). The summed E-state index contributed by atoms with van der Waals surface area (Å²) in [6.45, 7) is 0. The number of carbonyl (C=O) groups excluding carboxylic acids is 1. The molecule has 0 spiro atoms. The van der Waals surface area contributed by atoms with E-state index < -0.39 is 5.95 Å². The highest BCUT2D eigenvalue weighted by molar-refractivity contribution is 7.99. The summed E-state index contributed by atoms with van der Waals surface area (Å²) in [5.74, 6) is 0.202. The van der Waals surface area contributed by atoms with Crippen molar-refractivity contribution in [3.05, 3.63) is 52.5 Å². The molecule has 3 aromatic rings. The van der Waals surface area contributed by atoms with Crippen molar-refractivity contribution in [2.24, 2.45) is 0 Å². The molecule has 28 heavy (non-hydrogen) atoms. The Morgan fingerprint density at radius 3 is 2.75 bits per heavy atom. The number of nitrogens with zero attached hydrogens (tertiary/aromatic N) is 2. The van der Waals surface area contributed by atoms with Gasteiger partial charge in [-0.3, -0.25) is 4.79 Å². The molecular weight excluding hydrogens is 425 g/mol. The molecule has 146 valence electrons. The Morgan fingerprint density at radius 1 is 1.29 bits per heavy atom. The van der Waals surface area contributed by atoms with Gasteiger partial charge in [-0.15, -0.1) is 0 Å². The van der Waals surface area contributed by atoms with Gasteiger partial charge in [0, 0.05) is 29.3 Å². The third kappa shape index (κ3) is 4.89. The second kappa shape index (κ2) is 9.18. The van der Waals surface area contributed by atoms with Crippen LogP contribution in [0.3, 0.4) is 0 Å². The maximum Gasteiger partial charge on any atom is 0.297 e. The minimum absolute atomic E-state index is 0.154. The van der Waals surface area contributed by atoms with Crippen molar-refractivity contribution in [2.75, 3.05) is 18.2 Å². The van der Waals surface area contributed by atoms with E-state index in [9.17, 15) is 9.90 Å². The number of rotatable bonds is 7. The molecule has 1 amide bonds. The number of hydrogen-bond acceptors (Lipinski definition) is 6. The number of methoxy groups -OCH3 is 1. The molecule has 2 aromatic carbocycles. The summed E-state index contributed by atoms with van der Waals surface area (Å²) in [4.78, 5) is 12.2. The van der Waals surface area contributed by atoms with Gasteiger partial charge < -0.3 is 19.7 Å². The molecule has 0 aliphatic carbocycles. The average molecular weight is 440 g/mol. The van der Waals surface area contributed by atoms with E-state index in [1.807, 2.05) is 0 Å². The molecule has 0 bridgehead atoms. The molecular formula is C18H15Cl2N3O4S. The molecule has 7 nitrogen and oxygen atoms in total. The van der Waals surface area contributed by atoms with Crippen molar-refractivity contribution in [1.82, 2.24) is 5.27 Å². The number of benzene rings is 2. The number of halogens is 2. The number of hydrogen-bond donors (Lipinski definition) is 1. The molecule has 0 aliphatic rings. The molecule has 0 unspecified atom stereocenters. The van der Waals surface area contributed by atoms with Crippen LogP contribution >= 0.6 is 35.0 Å². The highest BCUT2D eigenvalue weighted by Crippen LogP contribution is 2.27. The number of ether oxygens (including phenoxy) is 1. The Bertz CT molecular complexity index is 979. The number of nitrogens with one attached hydrogen (secondary N) is 1. The predicted octanol–water partition coefficient (Wildman–Crippen LogP) is 3.46. The smallest absolute Gasteiger partial charge is 0.297 e. The van der Waals surface area contributed by atoms with Gasteiger partial charge in [-0.25, -0.2) is 0 Å². The molecule has 3 rings (SSSR count). The van der Waals surface area contributed by atoms with Gasteiger partial charge in [-0.1, -0.05) is 35.0 Å². The van der Waals surface area contributed by atoms with Gasteiger partial charge >= 0.3 is 0 Å². The van der Waals surface area contributed by atoms with E-state index in [4.69, 9.17) is 32.5 Å². The number of carbonyl (C=O) groups is 1. The van der Waals surface area contributed by atoms with Crippen LogP contribution in [0.4, 0.5) is 5.69 Å². The van der Waals surface area contributed by atoms with E-state index in [0.29, 0.717) is 32.9 Å². The van der Waals surface area contributed by atoms with Crippen molar-refractivity contribution in [1.29, 1.82) is 0 Å². The fourth-order valence-corrected chi connectivity index (χ4v) is 3.53. The van der Waals surface area contributed by atoms with E-state index >= 15 is 0 Å². The fraction of sp³-hybridized carbons (Fsp3) is 0.167. The molecule has 1 N–H and O–H groups in total.